The van der Waals surface area contributed by atoms with E-state index < -0.39 is 6.10 Å². The van der Waals surface area contributed by atoms with Crippen LogP contribution in [0.2, 0.25) is 5.02 Å². The predicted molar refractivity (Wildman–Crippen MR) is 82.6 cm³/mol. The van der Waals surface area contributed by atoms with Crippen LogP contribution in [-0.4, -0.2) is 17.2 Å². The first kappa shape index (κ1) is 16.5. The second kappa shape index (κ2) is 6.25. The summed E-state index contributed by atoms with van der Waals surface area (Å²) < 4.78 is 0. The molecule has 0 saturated heterocycles. The summed E-state index contributed by atoms with van der Waals surface area (Å²) >= 11 is 5.84. The molecular formula is C16H26ClNO. The molecule has 0 bridgehead atoms. The highest BCUT2D eigenvalue weighted by Gasteiger charge is 2.25. The summed E-state index contributed by atoms with van der Waals surface area (Å²) in [6.45, 7) is 11.6. The average molecular weight is 284 g/mol. The van der Waals surface area contributed by atoms with Gasteiger partial charge in [-0.25, -0.2) is 0 Å². The molecule has 108 valence electrons. The van der Waals surface area contributed by atoms with Crippen molar-refractivity contribution in [2.24, 2.45) is 5.41 Å². The molecule has 19 heavy (non-hydrogen) atoms. The summed E-state index contributed by atoms with van der Waals surface area (Å²) in [5, 5.41) is 14.3. The Morgan fingerprint density at radius 1 is 1.11 bits per heavy atom. The minimum Gasteiger partial charge on any atom is -0.387 e. The largest absolute Gasteiger partial charge is 0.387 e. The number of hydrogen-bond acceptors (Lipinski definition) is 2. The highest BCUT2D eigenvalue weighted by atomic mass is 35.5. The topological polar surface area (TPSA) is 32.3 Å². The summed E-state index contributed by atoms with van der Waals surface area (Å²) in [6, 6.07) is 7.34. The fourth-order valence-electron chi connectivity index (χ4n) is 2.56. The first-order valence-electron chi connectivity index (χ1n) is 6.78. The maximum Gasteiger partial charge on any atom is 0.0914 e. The minimum absolute atomic E-state index is 0.00561. The quantitative estimate of drug-likeness (QED) is 0.850. The lowest BCUT2D eigenvalue weighted by molar-refractivity contribution is 0.148. The van der Waals surface area contributed by atoms with Gasteiger partial charge < -0.3 is 10.4 Å². The second-order valence-electron chi connectivity index (χ2n) is 7.07. The number of β-amino-alcohol motifs (C(OH)–C–C–N with tert-alkyl or cyclic N) is 1. The van der Waals surface area contributed by atoms with Gasteiger partial charge in [-0.15, -0.1) is 0 Å². The molecule has 0 aliphatic heterocycles. The molecule has 0 heterocycles. The highest BCUT2D eigenvalue weighted by molar-refractivity contribution is 6.30. The summed E-state index contributed by atoms with van der Waals surface area (Å²) in [7, 11) is 0. The summed E-state index contributed by atoms with van der Waals surface area (Å²) in [6.07, 6.45) is 0.546. The standard InChI is InChI=1S/C16H26ClNO/c1-15(2,3)11-16(4,5)18-10-14(19)12-6-8-13(17)9-7-12/h6-9,14,18-19H,10-11H2,1-5H3. The molecule has 1 aromatic rings. The van der Waals surface area contributed by atoms with Crippen LogP contribution in [0.5, 0.6) is 0 Å². The van der Waals surface area contributed by atoms with Crippen LogP contribution >= 0.6 is 11.6 Å². The molecule has 0 aliphatic carbocycles. The van der Waals surface area contributed by atoms with Gasteiger partial charge in [0.1, 0.15) is 0 Å². The molecule has 1 atom stereocenters. The number of halogens is 1. The molecule has 0 amide bonds. The average Bonchev–Trinajstić information content (AvgIpc) is 2.24. The van der Waals surface area contributed by atoms with Crippen LogP contribution < -0.4 is 5.32 Å². The number of benzene rings is 1. The van der Waals surface area contributed by atoms with Gasteiger partial charge in [-0.2, -0.15) is 0 Å². The van der Waals surface area contributed by atoms with Gasteiger partial charge in [-0.05, 0) is 43.4 Å². The van der Waals surface area contributed by atoms with Gasteiger partial charge in [0.15, 0.2) is 0 Å². The molecule has 0 saturated carbocycles. The molecule has 1 rings (SSSR count). The van der Waals surface area contributed by atoms with Gasteiger partial charge in [-0.1, -0.05) is 44.5 Å². The monoisotopic (exact) mass is 283 g/mol. The maximum absolute atomic E-state index is 10.2. The zero-order valence-corrected chi connectivity index (χ0v) is 13.4. The second-order valence-corrected chi connectivity index (χ2v) is 7.51. The Balaban J connectivity index is 2.54. The fraction of sp³-hybridized carbons (Fsp3) is 0.625. The van der Waals surface area contributed by atoms with E-state index in [1.807, 2.05) is 12.1 Å². The Labute approximate surface area is 122 Å². The van der Waals surface area contributed by atoms with Crippen LogP contribution in [0.15, 0.2) is 24.3 Å². The summed E-state index contributed by atoms with van der Waals surface area (Å²) in [4.78, 5) is 0. The summed E-state index contributed by atoms with van der Waals surface area (Å²) in [5.41, 5.74) is 1.16. The molecule has 2 N–H and O–H groups in total. The lowest BCUT2D eigenvalue weighted by Crippen LogP contribution is -2.44. The van der Waals surface area contributed by atoms with Crippen molar-refractivity contribution >= 4 is 11.6 Å². The van der Waals surface area contributed by atoms with Crippen molar-refractivity contribution in [1.29, 1.82) is 0 Å². The fourth-order valence-corrected chi connectivity index (χ4v) is 2.69. The van der Waals surface area contributed by atoms with Crippen molar-refractivity contribution < 1.29 is 5.11 Å². The molecular weight excluding hydrogens is 258 g/mol. The van der Waals surface area contributed by atoms with E-state index in [4.69, 9.17) is 11.6 Å². The molecule has 0 aromatic heterocycles. The van der Waals surface area contributed by atoms with Crippen LogP contribution in [0, 0.1) is 5.41 Å². The predicted octanol–water partition coefficient (Wildman–Crippen LogP) is 4.18. The molecule has 0 aliphatic rings. The van der Waals surface area contributed by atoms with E-state index in [-0.39, 0.29) is 11.0 Å². The van der Waals surface area contributed by atoms with Crippen LogP contribution in [0.25, 0.3) is 0 Å². The van der Waals surface area contributed by atoms with Crippen molar-refractivity contribution in [1.82, 2.24) is 5.32 Å². The molecule has 1 aromatic carbocycles. The third-order valence-corrected chi connectivity index (χ3v) is 3.25. The first-order valence-corrected chi connectivity index (χ1v) is 7.15. The number of aliphatic hydroxyl groups excluding tert-OH is 1. The van der Waals surface area contributed by atoms with Crippen LogP contribution in [0.1, 0.15) is 52.7 Å². The Bertz CT molecular complexity index is 392. The van der Waals surface area contributed by atoms with Crippen LogP contribution in [-0.2, 0) is 0 Å². The van der Waals surface area contributed by atoms with Gasteiger partial charge in [0.2, 0.25) is 0 Å². The van der Waals surface area contributed by atoms with E-state index in [9.17, 15) is 5.11 Å². The SMILES string of the molecule is CC(C)(C)CC(C)(C)NCC(O)c1ccc(Cl)cc1. The number of hydrogen-bond donors (Lipinski definition) is 2. The van der Waals surface area contributed by atoms with E-state index in [1.54, 1.807) is 12.1 Å². The molecule has 0 fully saturated rings. The highest BCUT2D eigenvalue weighted by Crippen LogP contribution is 2.27. The van der Waals surface area contributed by atoms with E-state index in [0.717, 1.165) is 12.0 Å². The van der Waals surface area contributed by atoms with Crippen molar-refractivity contribution in [2.75, 3.05) is 6.54 Å². The van der Waals surface area contributed by atoms with Crippen LogP contribution in [0.4, 0.5) is 0 Å². The zero-order valence-electron chi connectivity index (χ0n) is 12.6. The summed E-state index contributed by atoms with van der Waals surface area (Å²) in [5.74, 6) is 0. The van der Waals surface area contributed by atoms with Crippen molar-refractivity contribution in [3.05, 3.63) is 34.9 Å². The third-order valence-electron chi connectivity index (χ3n) is 3.00. The van der Waals surface area contributed by atoms with Gasteiger partial charge in [0.05, 0.1) is 6.10 Å². The molecule has 1 unspecified atom stereocenters. The smallest absolute Gasteiger partial charge is 0.0914 e. The Morgan fingerprint density at radius 3 is 2.11 bits per heavy atom. The first-order chi connectivity index (χ1) is 8.59. The van der Waals surface area contributed by atoms with Gasteiger partial charge in [0, 0.05) is 17.1 Å². The van der Waals surface area contributed by atoms with Crippen molar-refractivity contribution in [2.45, 2.75) is 52.7 Å². The Hall–Kier alpha value is -0.570. The zero-order chi connectivity index (χ0) is 14.7. The van der Waals surface area contributed by atoms with E-state index in [0.29, 0.717) is 11.6 Å². The molecule has 0 spiro atoms. The number of aliphatic hydroxyl groups is 1. The normalized spacial score (nSPS) is 14.5. The minimum atomic E-state index is -0.503. The van der Waals surface area contributed by atoms with Gasteiger partial charge >= 0.3 is 0 Å². The third kappa shape index (κ3) is 6.42. The number of nitrogens with one attached hydrogen (secondary N) is 1. The van der Waals surface area contributed by atoms with E-state index in [1.165, 1.54) is 0 Å². The molecule has 3 heteroatoms. The lowest BCUT2D eigenvalue weighted by Gasteiger charge is -2.34. The Morgan fingerprint density at radius 2 is 1.63 bits per heavy atom. The van der Waals surface area contributed by atoms with Gasteiger partial charge in [0.25, 0.3) is 0 Å². The number of rotatable bonds is 5. The van der Waals surface area contributed by atoms with Crippen LogP contribution in [0.3, 0.4) is 0 Å². The van der Waals surface area contributed by atoms with Crippen molar-refractivity contribution in [3.63, 3.8) is 0 Å². The molecule has 0 radical (unpaired) electrons. The van der Waals surface area contributed by atoms with Crippen molar-refractivity contribution in [3.8, 4) is 0 Å². The van der Waals surface area contributed by atoms with E-state index >= 15 is 0 Å². The molecule has 2 nitrogen and oxygen atoms in total. The lowest BCUT2D eigenvalue weighted by atomic mass is 9.81. The van der Waals surface area contributed by atoms with Gasteiger partial charge in [-0.3, -0.25) is 0 Å². The Kier molecular flexibility index (Phi) is 5.43. The maximum atomic E-state index is 10.2. The van der Waals surface area contributed by atoms with E-state index in [2.05, 4.69) is 39.9 Å².